The zero-order valence-corrected chi connectivity index (χ0v) is 14.9. The molecular formula is C21H21N3O3. The van der Waals surface area contributed by atoms with Crippen LogP contribution in [0.5, 0.6) is 11.6 Å². The molecule has 0 radical (unpaired) electrons. The average molecular weight is 363 g/mol. The predicted molar refractivity (Wildman–Crippen MR) is 103 cm³/mol. The molecule has 138 valence electrons. The standard InChI is InChI=1S/C21H21N3O3/c25-18-7-4-11-22-19(18)20(26)24-15-8-9-17-14(13-15)10-12-23-21(17)27-16-5-2-1-3-6-16/h4,7-13,16,25H,1-3,5-6H2,(H,24,26). The van der Waals surface area contributed by atoms with Crippen LogP contribution in [-0.4, -0.2) is 27.1 Å². The van der Waals surface area contributed by atoms with Crippen molar-refractivity contribution in [3.05, 3.63) is 54.5 Å². The quantitative estimate of drug-likeness (QED) is 0.722. The maximum atomic E-state index is 12.3. The van der Waals surface area contributed by atoms with Crippen LogP contribution in [0.1, 0.15) is 42.6 Å². The van der Waals surface area contributed by atoms with Crippen LogP contribution >= 0.6 is 0 Å². The van der Waals surface area contributed by atoms with Crippen molar-refractivity contribution in [2.75, 3.05) is 5.32 Å². The zero-order valence-electron chi connectivity index (χ0n) is 14.9. The van der Waals surface area contributed by atoms with Gasteiger partial charge in [0.25, 0.3) is 5.91 Å². The molecule has 2 N–H and O–H groups in total. The van der Waals surface area contributed by atoms with E-state index in [1.54, 1.807) is 18.3 Å². The molecule has 6 nitrogen and oxygen atoms in total. The van der Waals surface area contributed by atoms with Gasteiger partial charge in [0.1, 0.15) is 11.9 Å². The fourth-order valence-corrected chi connectivity index (χ4v) is 3.42. The molecule has 2 heterocycles. The minimum absolute atomic E-state index is 0.00588. The number of rotatable bonds is 4. The maximum absolute atomic E-state index is 12.3. The Balaban J connectivity index is 1.56. The summed E-state index contributed by atoms with van der Waals surface area (Å²) in [5, 5.41) is 14.4. The molecule has 1 saturated carbocycles. The van der Waals surface area contributed by atoms with Crippen LogP contribution in [0.3, 0.4) is 0 Å². The van der Waals surface area contributed by atoms with Crippen molar-refractivity contribution in [1.82, 2.24) is 9.97 Å². The van der Waals surface area contributed by atoms with Crippen LogP contribution in [0.15, 0.2) is 48.8 Å². The third kappa shape index (κ3) is 3.84. The van der Waals surface area contributed by atoms with Gasteiger partial charge < -0.3 is 15.2 Å². The van der Waals surface area contributed by atoms with E-state index >= 15 is 0 Å². The van der Waals surface area contributed by atoms with Crippen LogP contribution in [0.25, 0.3) is 10.8 Å². The topological polar surface area (TPSA) is 84.3 Å². The number of benzene rings is 1. The van der Waals surface area contributed by atoms with Gasteiger partial charge in [-0.3, -0.25) is 4.79 Å². The SMILES string of the molecule is O=C(Nc1ccc2c(OC3CCCCC3)nccc2c1)c1ncccc1O. The van der Waals surface area contributed by atoms with Gasteiger partial charge in [-0.05, 0) is 67.5 Å². The molecule has 1 fully saturated rings. The third-order valence-corrected chi connectivity index (χ3v) is 4.82. The molecule has 2 aromatic heterocycles. The second-order valence-electron chi connectivity index (χ2n) is 6.76. The average Bonchev–Trinajstić information content (AvgIpc) is 2.69. The number of carbonyl (C=O) groups is 1. The number of hydrogen-bond acceptors (Lipinski definition) is 5. The van der Waals surface area contributed by atoms with Crippen molar-refractivity contribution in [3.63, 3.8) is 0 Å². The minimum atomic E-state index is -0.458. The van der Waals surface area contributed by atoms with Gasteiger partial charge in [-0.2, -0.15) is 0 Å². The lowest BCUT2D eigenvalue weighted by Gasteiger charge is -2.23. The van der Waals surface area contributed by atoms with Crippen molar-refractivity contribution in [3.8, 4) is 11.6 Å². The van der Waals surface area contributed by atoms with Crippen LogP contribution in [-0.2, 0) is 0 Å². The molecule has 6 heteroatoms. The summed E-state index contributed by atoms with van der Waals surface area (Å²) in [4.78, 5) is 20.7. The molecule has 27 heavy (non-hydrogen) atoms. The molecule has 0 saturated heterocycles. The molecule has 1 amide bonds. The molecule has 0 unspecified atom stereocenters. The largest absolute Gasteiger partial charge is 0.505 e. The molecule has 1 aromatic carbocycles. The molecule has 0 spiro atoms. The van der Waals surface area contributed by atoms with Gasteiger partial charge in [0.15, 0.2) is 5.69 Å². The van der Waals surface area contributed by atoms with E-state index in [0.717, 1.165) is 23.6 Å². The molecule has 1 aliphatic carbocycles. The van der Waals surface area contributed by atoms with Crippen molar-refractivity contribution in [1.29, 1.82) is 0 Å². The monoisotopic (exact) mass is 363 g/mol. The summed E-state index contributed by atoms with van der Waals surface area (Å²) in [6, 6.07) is 10.5. The van der Waals surface area contributed by atoms with Crippen LogP contribution in [0.4, 0.5) is 5.69 Å². The number of nitrogens with one attached hydrogen (secondary N) is 1. The Morgan fingerprint density at radius 3 is 2.74 bits per heavy atom. The number of nitrogens with zero attached hydrogens (tertiary/aromatic N) is 2. The Bertz CT molecular complexity index is 968. The van der Waals surface area contributed by atoms with Gasteiger partial charge in [0, 0.05) is 23.5 Å². The van der Waals surface area contributed by atoms with E-state index in [-0.39, 0.29) is 17.5 Å². The summed E-state index contributed by atoms with van der Waals surface area (Å²) < 4.78 is 6.13. The number of pyridine rings is 2. The first-order chi connectivity index (χ1) is 13.2. The molecular weight excluding hydrogens is 342 g/mol. The lowest BCUT2D eigenvalue weighted by molar-refractivity contribution is 0.101. The lowest BCUT2D eigenvalue weighted by atomic mass is 9.98. The van der Waals surface area contributed by atoms with E-state index in [2.05, 4.69) is 15.3 Å². The van der Waals surface area contributed by atoms with E-state index in [9.17, 15) is 9.90 Å². The van der Waals surface area contributed by atoms with Crippen molar-refractivity contribution in [2.24, 2.45) is 0 Å². The van der Waals surface area contributed by atoms with Gasteiger partial charge in [-0.15, -0.1) is 0 Å². The summed E-state index contributed by atoms with van der Waals surface area (Å²) in [5.74, 6) is 0.0305. The smallest absolute Gasteiger partial charge is 0.278 e. The zero-order chi connectivity index (χ0) is 18.6. The van der Waals surface area contributed by atoms with Crippen LogP contribution in [0.2, 0.25) is 0 Å². The number of fused-ring (bicyclic) bond motifs is 1. The van der Waals surface area contributed by atoms with E-state index in [1.807, 2.05) is 18.2 Å². The molecule has 4 rings (SSSR count). The highest BCUT2D eigenvalue weighted by Gasteiger charge is 2.17. The lowest BCUT2D eigenvalue weighted by Crippen LogP contribution is -2.20. The van der Waals surface area contributed by atoms with Gasteiger partial charge in [-0.1, -0.05) is 6.42 Å². The first-order valence-corrected chi connectivity index (χ1v) is 9.21. The Morgan fingerprint density at radius 2 is 1.93 bits per heavy atom. The molecule has 0 atom stereocenters. The van der Waals surface area contributed by atoms with Gasteiger partial charge in [0.05, 0.1) is 0 Å². The van der Waals surface area contributed by atoms with Crippen molar-refractivity contribution in [2.45, 2.75) is 38.2 Å². The van der Waals surface area contributed by atoms with E-state index in [0.29, 0.717) is 11.6 Å². The normalized spacial score (nSPS) is 14.8. The fourth-order valence-electron chi connectivity index (χ4n) is 3.42. The Kier molecular flexibility index (Phi) is 4.87. The third-order valence-electron chi connectivity index (χ3n) is 4.82. The highest BCUT2D eigenvalue weighted by Crippen LogP contribution is 2.29. The molecule has 3 aromatic rings. The Morgan fingerprint density at radius 1 is 1.07 bits per heavy atom. The number of ether oxygens (including phenoxy) is 1. The molecule has 0 aliphatic heterocycles. The number of amides is 1. The predicted octanol–water partition coefficient (Wildman–Crippen LogP) is 4.30. The van der Waals surface area contributed by atoms with E-state index in [1.165, 1.54) is 31.5 Å². The van der Waals surface area contributed by atoms with E-state index < -0.39 is 5.91 Å². The number of carbonyl (C=O) groups excluding carboxylic acids is 1. The summed E-state index contributed by atoms with van der Waals surface area (Å²) in [6.45, 7) is 0. The molecule has 0 bridgehead atoms. The second kappa shape index (κ2) is 7.61. The van der Waals surface area contributed by atoms with Crippen LogP contribution < -0.4 is 10.1 Å². The highest BCUT2D eigenvalue weighted by molar-refractivity contribution is 6.05. The Labute approximate surface area is 157 Å². The van der Waals surface area contributed by atoms with Crippen molar-refractivity contribution >= 4 is 22.4 Å². The number of anilines is 1. The minimum Gasteiger partial charge on any atom is -0.505 e. The van der Waals surface area contributed by atoms with Gasteiger partial charge >= 0.3 is 0 Å². The number of hydrogen-bond donors (Lipinski definition) is 2. The van der Waals surface area contributed by atoms with Crippen molar-refractivity contribution < 1.29 is 14.6 Å². The summed E-state index contributed by atoms with van der Waals surface area (Å²) in [7, 11) is 0. The summed E-state index contributed by atoms with van der Waals surface area (Å²) in [5.41, 5.74) is 0.612. The maximum Gasteiger partial charge on any atom is 0.278 e. The van der Waals surface area contributed by atoms with Crippen LogP contribution in [0, 0.1) is 0 Å². The summed E-state index contributed by atoms with van der Waals surface area (Å²) in [6.07, 6.45) is 9.23. The van der Waals surface area contributed by atoms with Gasteiger partial charge in [-0.25, -0.2) is 9.97 Å². The van der Waals surface area contributed by atoms with E-state index in [4.69, 9.17) is 4.74 Å². The highest BCUT2D eigenvalue weighted by atomic mass is 16.5. The van der Waals surface area contributed by atoms with Gasteiger partial charge in [0.2, 0.25) is 5.88 Å². The Hall–Kier alpha value is -3.15. The first-order valence-electron chi connectivity index (χ1n) is 9.21. The second-order valence-corrected chi connectivity index (χ2v) is 6.76. The summed E-state index contributed by atoms with van der Waals surface area (Å²) >= 11 is 0. The number of aromatic nitrogens is 2. The molecule has 1 aliphatic rings. The number of aromatic hydroxyl groups is 1. The fraction of sp³-hybridized carbons (Fsp3) is 0.286. The first kappa shape index (κ1) is 17.3.